The van der Waals surface area contributed by atoms with Crippen LogP contribution in [-0.4, -0.2) is 29.0 Å². The number of carbonyl (C=O) groups is 1. The van der Waals surface area contributed by atoms with E-state index in [1.165, 1.54) is 4.88 Å². The highest BCUT2D eigenvalue weighted by Crippen LogP contribution is 2.27. The first-order valence-corrected chi connectivity index (χ1v) is 7.84. The summed E-state index contributed by atoms with van der Waals surface area (Å²) in [5.74, 6) is 0.741. The molecule has 0 aliphatic heterocycles. The SMILES string of the molecule is Cc1cc2c(NCCNC(=O)c3ccccc3)ncnc2s1. The maximum absolute atomic E-state index is 11.9. The Kier molecular flexibility index (Phi) is 4.29. The largest absolute Gasteiger partial charge is 0.368 e. The number of hydrogen-bond donors (Lipinski definition) is 2. The average molecular weight is 312 g/mol. The number of aromatic nitrogens is 2. The molecule has 6 heteroatoms. The minimum Gasteiger partial charge on any atom is -0.368 e. The lowest BCUT2D eigenvalue weighted by atomic mass is 10.2. The molecule has 0 bridgehead atoms. The summed E-state index contributed by atoms with van der Waals surface area (Å²) in [5.41, 5.74) is 0.667. The lowest BCUT2D eigenvalue weighted by molar-refractivity contribution is 0.0955. The molecule has 22 heavy (non-hydrogen) atoms. The topological polar surface area (TPSA) is 66.9 Å². The van der Waals surface area contributed by atoms with Gasteiger partial charge in [0.2, 0.25) is 0 Å². The quantitative estimate of drug-likeness (QED) is 0.711. The Morgan fingerprint density at radius 3 is 2.82 bits per heavy atom. The van der Waals surface area contributed by atoms with Gasteiger partial charge in [0.1, 0.15) is 17.0 Å². The molecule has 0 unspecified atom stereocenters. The summed E-state index contributed by atoms with van der Waals surface area (Å²) in [6.45, 7) is 3.19. The van der Waals surface area contributed by atoms with Crippen molar-refractivity contribution in [1.29, 1.82) is 0 Å². The summed E-state index contributed by atoms with van der Waals surface area (Å²) in [5, 5.41) is 7.16. The van der Waals surface area contributed by atoms with Crippen molar-refractivity contribution in [2.75, 3.05) is 18.4 Å². The minimum absolute atomic E-state index is 0.0680. The highest BCUT2D eigenvalue weighted by molar-refractivity contribution is 7.18. The van der Waals surface area contributed by atoms with Gasteiger partial charge in [0.05, 0.1) is 5.39 Å². The Bertz CT molecular complexity index is 785. The molecule has 3 aromatic rings. The third-order valence-electron chi connectivity index (χ3n) is 3.19. The Hall–Kier alpha value is -2.47. The lowest BCUT2D eigenvalue weighted by Crippen LogP contribution is -2.28. The second-order valence-electron chi connectivity index (χ2n) is 4.85. The Labute approximate surface area is 132 Å². The number of amides is 1. The molecule has 0 radical (unpaired) electrons. The van der Waals surface area contributed by atoms with Gasteiger partial charge in [-0.15, -0.1) is 11.3 Å². The van der Waals surface area contributed by atoms with Gasteiger partial charge in [-0.1, -0.05) is 18.2 Å². The molecule has 0 spiro atoms. The van der Waals surface area contributed by atoms with Gasteiger partial charge >= 0.3 is 0 Å². The zero-order valence-corrected chi connectivity index (χ0v) is 13.0. The van der Waals surface area contributed by atoms with Crippen molar-refractivity contribution >= 4 is 33.3 Å². The van der Waals surface area contributed by atoms with Crippen molar-refractivity contribution < 1.29 is 4.79 Å². The van der Waals surface area contributed by atoms with Gasteiger partial charge in [-0.25, -0.2) is 9.97 Å². The Balaban J connectivity index is 1.55. The molecule has 0 aliphatic rings. The molecule has 112 valence electrons. The van der Waals surface area contributed by atoms with Crippen LogP contribution in [0.2, 0.25) is 0 Å². The predicted octanol–water partition coefficient (Wildman–Crippen LogP) is 2.84. The van der Waals surface area contributed by atoms with Gasteiger partial charge in [0.15, 0.2) is 0 Å². The predicted molar refractivity (Wildman–Crippen MR) is 89.4 cm³/mol. The second-order valence-corrected chi connectivity index (χ2v) is 6.08. The normalized spacial score (nSPS) is 10.6. The Morgan fingerprint density at radius 1 is 1.18 bits per heavy atom. The van der Waals surface area contributed by atoms with Gasteiger partial charge in [-0.2, -0.15) is 0 Å². The highest BCUT2D eigenvalue weighted by Gasteiger charge is 2.07. The molecule has 0 saturated heterocycles. The van der Waals surface area contributed by atoms with Crippen LogP contribution in [0, 0.1) is 6.92 Å². The molecular formula is C16H16N4OS. The number of fused-ring (bicyclic) bond motifs is 1. The van der Waals surface area contributed by atoms with Crippen molar-refractivity contribution in [3.8, 4) is 0 Å². The minimum atomic E-state index is -0.0680. The van der Waals surface area contributed by atoms with E-state index in [4.69, 9.17) is 0 Å². The standard InChI is InChI=1S/C16H16N4OS/c1-11-9-13-14(19-10-20-16(13)22-11)17-7-8-18-15(21)12-5-3-2-4-6-12/h2-6,9-10H,7-8H2,1H3,(H,18,21)(H,17,19,20). The van der Waals surface area contributed by atoms with Crippen LogP contribution in [0.15, 0.2) is 42.7 Å². The number of anilines is 1. The molecule has 1 amide bonds. The van der Waals surface area contributed by atoms with Gasteiger partial charge in [-0.05, 0) is 25.1 Å². The zero-order valence-electron chi connectivity index (χ0n) is 12.2. The van der Waals surface area contributed by atoms with Crippen molar-refractivity contribution in [3.05, 3.63) is 53.2 Å². The first-order valence-electron chi connectivity index (χ1n) is 7.02. The van der Waals surface area contributed by atoms with E-state index < -0.39 is 0 Å². The number of aryl methyl sites for hydroxylation is 1. The number of rotatable bonds is 5. The number of nitrogens with zero attached hydrogens (tertiary/aromatic N) is 2. The summed E-state index contributed by atoms with van der Waals surface area (Å²) in [6.07, 6.45) is 1.56. The van der Waals surface area contributed by atoms with E-state index in [0.29, 0.717) is 18.7 Å². The number of nitrogens with one attached hydrogen (secondary N) is 2. The van der Waals surface area contributed by atoms with Crippen LogP contribution in [0.5, 0.6) is 0 Å². The summed E-state index contributed by atoms with van der Waals surface area (Å²) >= 11 is 1.65. The summed E-state index contributed by atoms with van der Waals surface area (Å²) < 4.78 is 0. The summed E-state index contributed by atoms with van der Waals surface area (Å²) in [6, 6.07) is 11.3. The fraction of sp³-hybridized carbons (Fsp3) is 0.188. The number of thiophene rings is 1. The van der Waals surface area contributed by atoms with E-state index in [0.717, 1.165) is 16.0 Å². The van der Waals surface area contributed by atoms with Crippen molar-refractivity contribution in [2.45, 2.75) is 6.92 Å². The van der Waals surface area contributed by atoms with Crippen LogP contribution >= 0.6 is 11.3 Å². The highest BCUT2D eigenvalue weighted by atomic mass is 32.1. The van der Waals surface area contributed by atoms with Crippen LogP contribution < -0.4 is 10.6 Å². The molecule has 0 atom stereocenters. The maximum Gasteiger partial charge on any atom is 0.251 e. The van der Waals surface area contributed by atoms with Crippen LogP contribution in [0.25, 0.3) is 10.2 Å². The summed E-state index contributed by atoms with van der Waals surface area (Å²) in [4.78, 5) is 22.6. The second kappa shape index (κ2) is 6.53. The van der Waals surface area contributed by atoms with Gasteiger partial charge in [0.25, 0.3) is 5.91 Å². The van der Waals surface area contributed by atoms with Crippen LogP contribution in [0.1, 0.15) is 15.2 Å². The number of hydrogen-bond acceptors (Lipinski definition) is 5. The Morgan fingerprint density at radius 2 is 2.00 bits per heavy atom. The third-order valence-corrected chi connectivity index (χ3v) is 4.15. The monoisotopic (exact) mass is 312 g/mol. The van der Waals surface area contributed by atoms with Crippen molar-refractivity contribution in [3.63, 3.8) is 0 Å². The van der Waals surface area contributed by atoms with E-state index in [-0.39, 0.29) is 5.91 Å². The summed E-state index contributed by atoms with van der Waals surface area (Å²) in [7, 11) is 0. The molecule has 2 N–H and O–H groups in total. The lowest BCUT2D eigenvalue weighted by Gasteiger charge is -2.08. The van der Waals surface area contributed by atoms with Gasteiger partial charge in [-0.3, -0.25) is 4.79 Å². The average Bonchev–Trinajstić information content (AvgIpc) is 2.93. The van der Waals surface area contributed by atoms with Crippen molar-refractivity contribution in [1.82, 2.24) is 15.3 Å². The fourth-order valence-corrected chi connectivity index (χ4v) is 3.01. The molecule has 0 fully saturated rings. The smallest absolute Gasteiger partial charge is 0.251 e. The van der Waals surface area contributed by atoms with Crippen LogP contribution in [-0.2, 0) is 0 Å². The van der Waals surface area contributed by atoms with Crippen LogP contribution in [0.3, 0.4) is 0 Å². The number of benzene rings is 1. The third kappa shape index (κ3) is 3.23. The van der Waals surface area contributed by atoms with Gasteiger partial charge < -0.3 is 10.6 Å². The van der Waals surface area contributed by atoms with E-state index in [1.807, 2.05) is 18.2 Å². The van der Waals surface area contributed by atoms with Crippen LogP contribution in [0.4, 0.5) is 5.82 Å². The molecule has 0 saturated carbocycles. The zero-order chi connectivity index (χ0) is 15.4. The molecular weight excluding hydrogens is 296 g/mol. The van der Waals surface area contributed by atoms with Crippen molar-refractivity contribution in [2.24, 2.45) is 0 Å². The first-order chi connectivity index (χ1) is 10.7. The molecule has 2 aromatic heterocycles. The van der Waals surface area contributed by atoms with Gasteiger partial charge in [0, 0.05) is 23.5 Å². The number of carbonyl (C=O) groups excluding carboxylic acids is 1. The molecule has 2 heterocycles. The molecule has 1 aromatic carbocycles. The first kappa shape index (κ1) is 14.5. The fourth-order valence-electron chi connectivity index (χ4n) is 2.17. The van der Waals surface area contributed by atoms with E-state index >= 15 is 0 Å². The van der Waals surface area contributed by atoms with E-state index in [1.54, 1.807) is 29.8 Å². The molecule has 0 aliphatic carbocycles. The maximum atomic E-state index is 11.9. The molecule has 5 nitrogen and oxygen atoms in total. The van der Waals surface area contributed by atoms with E-state index in [9.17, 15) is 4.79 Å². The molecule has 3 rings (SSSR count). The van der Waals surface area contributed by atoms with E-state index in [2.05, 4.69) is 33.6 Å².